The Kier molecular flexibility index (Phi) is 4.82. The highest BCUT2D eigenvalue weighted by Gasteiger charge is 2.30. The summed E-state index contributed by atoms with van der Waals surface area (Å²) in [5, 5.41) is 4.53. The molecule has 2 saturated heterocycles. The summed E-state index contributed by atoms with van der Waals surface area (Å²) in [6.07, 6.45) is 4.15. The molecule has 3 rings (SSSR count). The van der Waals surface area contributed by atoms with Crippen molar-refractivity contribution in [3.05, 3.63) is 10.6 Å². The molecule has 118 valence electrons. The molecular weight excluding hydrogens is 280 g/mol. The van der Waals surface area contributed by atoms with Crippen LogP contribution in [-0.4, -0.2) is 49.2 Å². The summed E-state index contributed by atoms with van der Waals surface area (Å²) in [5.41, 5.74) is 1.29. The van der Waals surface area contributed by atoms with Gasteiger partial charge in [0, 0.05) is 37.1 Å². The molecular formula is C16H28N4S. The highest BCUT2D eigenvalue weighted by atomic mass is 32.1. The molecule has 1 atom stereocenters. The van der Waals surface area contributed by atoms with E-state index in [1.807, 2.05) is 18.4 Å². The van der Waals surface area contributed by atoms with Gasteiger partial charge < -0.3 is 10.2 Å². The molecule has 2 aliphatic rings. The molecule has 0 saturated carbocycles. The molecule has 2 aliphatic heterocycles. The molecule has 1 aromatic heterocycles. The number of thiazole rings is 1. The molecule has 3 heterocycles. The van der Waals surface area contributed by atoms with E-state index in [9.17, 15) is 0 Å². The van der Waals surface area contributed by atoms with Gasteiger partial charge in [-0.25, -0.2) is 4.98 Å². The number of piperidine rings is 1. The molecule has 5 heteroatoms. The first-order chi connectivity index (χ1) is 10.2. The monoisotopic (exact) mass is 308 g/mol. The van der Waals surface area contributed by atoms with E-state index in [1.54, 1.807) is 0 Å². The molecule has 0 spiro atoms. The van der Waals surface area contributed by atoms with Gasteiger partial charge in [-0.15, -0.1) is 11.3 Å². The molecule has 21 heavy (non-hydrogen) atoms. The van der Waals surface area contributed by atoms with Gasteiger partial charge in [-0.05, 0) is 32.4 Å². The number of fused-ring (bicyclic) bond motifs is 1. The van der Waals surface area contributed by atoms with Crippen LogP contribution in [0.2, 0.25) is 0 Å². The summed E-state index contributed by atoms with van der Waals surface area (Å²) in [7, 11) is 2.02. The van der Waals surface area contributed by atoms with Gasteiger partial charge >= 0.3 is 0 Å². The van der Waals surface area contributed by atoms with E-state index in [-0.39, 0.29) is 0 Å². The van der Waals surface area contributed by atoms with Gasteiger partial charge in [0.15, 0.2) is 5.13 Å². The van der Waals surface area contributed by atoms with Crippen LogP contribution in [0.3, 0.4) is 0 Å². The summed E-state index contributed by atoms with van der Waals surface area (Å²) in [4.78, 5) is 11.6. The zero-order chi connectivity index (χ0) is 14.8. The standard InChI is InChI=1S/C16H28N4S/c1-12(2)15-14(10-17-3)21-16(18-15)20-9-8-19-7-5-4-6-13(19)11-20/h12-13,17H,4-11H2,1-3H3. The van der Waals surface area contributed by atoms with E-state index in [0.29, 0.717) is 5.92 Å². The maximum Gasteiger partial charge on any atom is 0.185 e. The minimum atomic E-state index is 0.509. The number of rotatable bonds is 4. The lowest BCUT2D eigenvalue weighted by Crippen LogP contribution is -2.54. The lowest BCUT2D eigenvalue weighted by molar-refractivity contribution is 0.133. The Balaban J connectivity index is 1.75. The summed E-state index contributed by atoms with van der Waals surface area (Å²) >= 11 is 1.89. The number of nitrogens with zero attached hydrogens (tertiary/aromatic N) is 3. The van der Waals surface area contributed by atoms with Gasteiger partial charge in [-0.2, -0.15) is 0 Å². The highest BCUT2D eigenvalue weighted by molar-refractivity contribution is 7.15. The van der Waals surface area contributed by atoms with E-state index in [2.05, 4.69) is 29.0 Å². The third-order valence-electron chi connectivity index (χ3n) is 4.71. The molecule has 4 nitrogen and oxygen atoms in total. The van der Waals surface area contributed by atoms with Crippen molar-refractivity contribution in [1.82, 2.24) is 15.2 Å². The van der Waals surface area contributed by atoms with Crippen LogP contribution in [0.15, 0.2) is 0 Å². The fourth-order valence-corrected chi connectivity index (χ4v) is 4.82. The summed E-state index contributed by atoms with van der Waals surface area (Å²) < 4.78 is 0. The van der Waals surface area contributed by atoms with Gasteiger partial charge in [-0.1, -0.05) is 20.3 Å². The average Bonchev–Trinajstić information content (AvgIpc) is 2.91. The zero-order valence-corrected chi connectivity index (χ0v) is 14.4. The zero-order valence-electron chi connectivity index (χ0n) is 13.6. The molecule has 0 aliphatic carbocycles. The minimum absolute atomic E-state index is 0.509. The van der Waals surface area contributed by atoms with Crippen molar-refractivity contribution in [3.8, 4) is 0 Å². The van der Waals surface area contributed by atoms with Crippen LogP contribution in [0.4, 0.5) is 5.13 Å². The first kappa shape index (κ1) is 15.3. The molecule has 0 radical (unpaired) electrons. The molecule has 0 amide bonds. The SMILES string of the molecule is CNCc1sc(N2CCN3CCCCC3C2)nc1C(C)C. The van der Waals surface area contributed by atoms with Crippen molar-refractivity contribution in [1.29, 1.82) is 0 Å². The molecule has 0 aromatic carbocycles. The van der Waals surface area contributed by atoms with Crippen molar-refractivity contribution in [2.75, 3.05) is 38.1 Å². The number of aromatic nitrogens is 1. The maximum atomic E-state index is 4.98. The second kappa shape index (κ2) is 6.63. The van der Waals surface area contributed by atoms with Gasteiger partial charge in [0.25, 0.3) is 0 Å². The first-order valence-corrected chi connectivity index (χ1v) is 9.14. The largest absolute Gasteiger partial charge is 0.345 e. The van der Waals surface area contributed by atoms with Crippen molar-refractivity contribution < 1.29 is 0 Å². The highest BCUT2D eigenvalue weighted by Crippen LogP contribution is 2.33. The second-order valence-electron chi connectivity index (χ2n) is 6.62. The van der Waals surface area contributed by atoms with Crippen LogP contribution < -0.4 is 10.2 Å². The Labute approximate surface area is 132 Å². The molecule has 2 fully saturated rings. The Hall–Kier alpha value is -0.650. The molecule has 1 aromatic rings. The van der Waals surface area contributed by atoms with Crippen LogP contribution in [0.25, 0.3) is 0 Å². The second-order valence-corrected chi connectivity index (χ2v) is 7.68. The number of hydrogen-bond acceptors (Lipinski definition) is 5. The van der Waals surface area contributed by atoms with Crippen LogP contribution >= 0.6 is 11.3 Å². The summed E-state index contributed by atoms with van der Waals surface area (Å²) in [5.74, 6) is 0.509. The van der Waals surface area contributed by atoms with E-state index in [4.69, 9.17) is 4.98 Å². The predicted octanol–water partition coefficient (Wildman–Crippen LogP) is 2.66. The fourth-order valence-electron chi connectivity index (χ4n) is 3.55. The Bertz CT molecular complexity index is 471. The topological polar surface area (TPSA) is 31.4 Å². The third-order valence-corrected chi connectivity index (χ3v) is 5.84. The summed E-state index contributed by atoms with van der Waals surface area (Å²) in [6, 6.07) is 0.756. The van der Waals surface area contributed by atoms with Crippen molar-refractivity contribution in [2.45, 2.75) is 51.6 Å². The van der Waals surface area contributed by atoms with Gasteiger partial charge in [0.1, 0.15) is 0 Å². The number of hydrogen-bond donors (Lipinski definition) is 1. The smallest absolute Gasteiger partial charge is 0.185 e. The number of nitrogens with one attached hydrogen (secondary N) is 1. The predicted molar refractivity (Wildman–Crippen MR) is 90.4 cm³/mol. The number of piperazine rings is 1. The van der Waals surface area contributed by atoms with Gasteiger partial charge in [0.2, 0.25) is 0 Å². The van der Waals surface area contributed by atoms with Crippen molar-refractivity contribution in [2.24, 2.45) is 0 Å². The van der Waals surface area contributed by atoms with Crippen LogP contribution in [0.5, 0.6) is 0 Å². The lowest BCUT2D eigenvalue weighted by Gasteiger charge is -2.44. The normalized spacial score (nSPS) is 23.6. The van der Waals surface area contributed by atoms with E-state index in [0.717, 1.165) is 19.1 Å². The van der Waals surface area contributed by atoms with Gasteiger partial charge in [-0.3, -0.25) is 4.90 Å². The van der Waals surface area contributed by atoms with Gasteiger partial charge in [0.05, 0.1) is 5.69 Å². The lowest BCUT2D eigenvalue weighted by atomic mass is 10.00. The Morgan fingerprint density at radius 3 is 2.90 bits per heavy atom. The third kappa shape index (κ3) is 3.25. The van der Waals surface area contributed by atoms with E-state index < -0.39 is 0 Å². The summed E-state index contributed by atoms with van der Waals surface area (Å²) in [6.45, 7) is 10.3. The Morgan fingerprint density at radius 1 is 1.29 bits per heavy atom. The first-order valence-electron chi connectivity index (χ1n) is 8.32. The average molecular weight is 308 g/mol. The van der Waals surface area contributed by atoms with Crippen LogP contribution in [-0.2, 0) is 6.54 Å². The Morgan fingerprint density at radius 2 is 2.14 bits per heavy atom. The van der Waals surface area contributed by atoms with Crippen LogP contribution in [0.1, 0.15) is 49.6 Å². The number of anilines is 1. The van der Waals surface area contributed by atoms with E-state index in [1.165, 1.54) is 54.6 Å². The maximum absolute atomic E-state index is 4.98. The quantitative estimate of drug-likeness (QED) is 0.926. The van der Waals surface area contributed by atoms with Crippen molar-refractivity contribution in [3.63, 3.8) is 0 Å². The minimum Gasteiger partial charge on any atom is -0.345 e. The molecule has 1 unspecified atom stereocenters. The molecule has 0 bridgehead atoms. The van der Waals surface area contributed by atoms with E-state index >= 15 is 0 Å². The fraction of sp³-hybridized carbons (Fsp3) is 0.812. The van der Waals surface area contributed by atoms with Crippen molar-refractivity contribution >= 4 is 16.5 Å². The van der Waals surface area contributed by atoms with Crippen LogP contribution in [0, 0.1) is 0 Å². The molecule has 1 N–H and O–H groups in total.